The van der Waals surface area contributed by atoms with Crippen molar-refractivity contribution in [3.8, 4) is 0 Å². The molecule has 0 aliphatic carbocycles. The maximum atomic E-state index is 12.7. The highest BCUT2D eigenvalue weighted by Crippen LogP contribution is 2.35. The van der Waals surface area contributed by atoms with Crippen LogP contribution in [0.15, 0.2) is 35.4 Å². The van der Waals surface area contributed by atoms with Gasteiger partial charge in [0.2, 0.25) is 11.8 Å². The molecular formula is C18H23N5O3. The van der Waals surface area contributed by atoms with Gasteiger partial charge in [0, 0.05) is 45.4 Å². The summed E-state index contributed by atoms with van der Waals surface area (Å²) in [6, 6.07) is 1.96. The van der Waals surface area contributed by atoms with E-state index in [-0.39, 0.29) is 23.9 Å². The van der Waals surface area contributed by atoms with Crippen LogP contribution in [0.25, 0.3) is 0 Å². The Morgan fingerprint density at radius 1 is 1.38 bits per heavy atom. The Balaban J connectivity index is 1.58. The summed E-state index contributed by atoms with van der Waals surface area (Å²) in [5, 5.41) is 4.18. The number of furan rings is 1. The topological polar surface area (TPSA) is 74.8 Å². The number of anilines is 1. The maximum absolute atomic E-state index is 12.7. The van der Waals surface area contributed by atoms with Crippen LogP contribution >= 0.6 is 0 Å². The Kier molecular flexibility index (Phi) is 4.07. The highest BCUT2D eigenvalue weighted by molar-refractivity contribution is 5.98. The monoisotopic (exact) mass is 357 g/mol. The first-order valence-corrected chi connectivity index (χ1v) is 8.77. The summed E-state index contributed by atoms with van der Waals surface area (Å²) in [5.74, 6) is -0.110. The van der Waals surface area contributed by atoms with Crippen LogP contribution in [0.4, 0.5) is 5.69 Å². The number of hydrogen-bond donors (Lipinski definition) is 0. The molecule has 2 aliphatic heterocycles. The maximum Gasteiger partial charge on any atom is 0.246 e. The fraction of sp³-hybridized carbons (Fsp3) is 0.500. The van der Waals surface area contributed by atoms with E-state index in [1.165, 1.54) is 0 Å². The summed E-state index contributed by atoms with van der Waals surface area (Å²) in [4.78, 5) is 30.8. The van der Waals surface area contributed by atoms with E-state index in [0.717, 1.165) is 37.3 Å². The van der Waals surface area contributed by atoms with Gasteiger partial charge in [-0.3, -0.25) is 19.2 Å². The number of aryl methyl sites for hydroxylation is 1. The van der Waals surface area contributed by atoms with E-state index in [0.29, 0.717) is 6.54 Å². The fourth-order valence-electron chi connectivity index (χ4n) is 4.15. The van der Waals surface area contributed by atoms with Crippen LogP contribution in [0.3, 0.4) is 0 Å². The lowest BCUT2D eigenvalue weighted by Crippen LogP contribution is -2.66. The van der Waals surface area contributed by atoms with Gasteiger partial charge in [0.15, 0.2) is 0 Å². The second-order valence-corrected chi connectivity index (χ2v) is 7.27. The first kappa shape index (κ1) is 16.8. The van der Waals surface area contributed by atoms with Crippen molar-refractivity contribution in [1.82, 2.24) is 19.6 Å². The van der Waals surface area contributed by atoms with Crippen molar-refractivity contribution in [2.45, 2.75) is 25.4 Å². The minimum absolute atomic E-state index is 0.0469. The van der Waals surface area contributed by atoms with Crippen molar-refractivity contribution < 1.29 is 14.0 Å². The quantitative estimate of drug-likeness (QED) is 0.814. The molecule has 2 saturated heterocycles. The van der Waals surface area contributed by atoms with E-state index in [2.05, 4.69) is 10.00 Å². The lowest BCUT2D eigenvalue weighted by molar-refractivity contribution is -0.142. The molecule has 0 unspecified atom stereocenters. The molecule has 26 heavy (non-hydrogen) atoms. The number of likely N-dealkylation sites (tertiary alicyclic amines) is 1. The number of aromatic nitrogens is 2. The van der Waals surface area contributed by atoms with Crippen molar-refractivity contribution in [3.63, 3.8) is 0 Å². The molecule has 8 heteroatoms. The molecular weight excluding hydrogens is 334 g/mol. The Morgan fingerprint density at radius 3 is 2.88 bits per heavy atom. The summed E-state index contributed by atoms with van der Waals surface area (Å²) in [6.45, 7) is 4.56. The summed E-state index contributed by atoms with van der Waals surface area (Å²) in [7, 11) is 1.83. The number of nitrogens with zero attached hydrogens (tertiary/aromatic N) is 5. The molecule has 2 aliphatic rings. The van der Waals surface area contributed by atoms with E-state index in [4.69, 9.17) is 4.42 Å². The predicted molar refractivity (Wildman–Crippen MR) is 94.3 cm³/mol. The van der Waals surface area contributed by atoms with Crippen molar-refractivity contribution in [3.05, 3.63) is 36.5 Å². The normalized spacial score (nSPS) is 24.0. The number of carbonyl (C=O) groups excluding carboxylic acids is 2. The molecule has 2 aromatic rings. The van der Waals surface area contributed by atoms with Crippen LogP contribution < -0.4 is 4.90 Å². The molecule has 2 fully saturated rings. The highest BCUT2D eigenvalue weighted by Gasteiger charge is 2.50. The molecule has 0 N–H and O–H groups in total. The second kappa shape index (κ2) is 6.28. The molecule has 2 aromatic heterocycles. The summed E-state index contributed by atoms with van der Waals surface area (Å²) in [6.07, 6.45) is 7.81. The van der Waals surface area contributed by atoms with Gasteiger partial charge in [-0.1, -0.05) is 0 Å². The SMILES string of the molecule is CC(=O)N1CC(=O)N(c2cnn(C)c2)C[C@]12CCN(Cc1ccoc1)C2. The van der Waals surface area contributed by atoms with E-state index in [1.807, 2.05) is 19.3 Å². The van der Waals surface area contributed by atoms with E-state index in [1.54, 1.807) is 40.1 Å². The summed E-state index contributed by atoms with van der Waals surface area (Å²) < 4.78 is 6.85. The molecule has 0 aromatic carbocycles. The number of amides is 2. The molecule has 1 spiro atoms. The third-order valence-corrected chi connectivity index (χ3v) is 5.40. The molecule has 0 bridgehead atoms. The summed E-state index contributed by atoms with van der Waals surface area (Å²) in [5.41, 5.74) is 1.54. The third kappa shape index (κ3) is 2.90. The van der Waals surface area contributed by atoms with E-state index >= 15 is 0 Å². The largest absolute Gasteiger partial charge is 0.472 e. The van der Waals surface area contributed by atoms with Crippen LogP contribution in [0.2, 0.25) is 0 Å². The zero-order valence-corrected chi connectivity index (χ0v) is 15.1. The zero-order valence-electron chi connectivity index (χ0n) is 15.1. The standard InChI is InChI=1S/C18H23N5O3/c1-14(24)23-10-17(25)22(16-7-19-20(2)9-16)13-18(23)4-5-21(12-18)8-15-3-6-26-11-15/h3,6-7,9,11H,4-5,8,10,12-13H2,1-2H3/t18-/m1/s1. The second-order valence-electron chi connectivity index (χ2n) is 7.27. The average molecular weight is 357 g/mol. The molecule has 138 valence electrons. The minimum Gasteiger partial charge on any atom is -0.472 e. The minimum atomic E-state index is -0.362. The lowest BCUT2D eigenvalue weighted by Gasteiger charge is -2.48. The van der Waals surface area contributed by atoms with Gasteiger partial charge in [0.25, 0.3) is 0 Å². The molecule has 0 radical (unpaired) electrons. The Morgan fingerprint density at radius 2 is 2.23 bits per heavy atom. The van der Waals surface area contributed by atoms with Crippen molar-refractivity contribution in [2.24, 2.45) is 7.05 Å². The number of carbonyl (C=O) groups is 2. The van der Waals surface area contributed by atoms with Crippen LogP contribution in [-0.2, 0) is 23.2 Å². The Bertz CT molecular complexity index is 815. The molecule has 4 heterocycles. The molecule has 4 rings (SSSR count). The first-order chi connectivity index (χ1) is 12.5. The fourth-order valence-corrected chi connectivity index (χ4v) is 4.15. The number of hydrogen-bond acceptors (Lipinski definition) is 5. The van der Waals surface area contributed by atoms with Crippen LogP contribution in [-0.4, -0.2) is 63.1 Å². The third-order valence-electron chi connectivity index (χ3n) is 5.40. The highest BCUT2D eigenvalue weighted by atomic mass is 16.3. The lowest BCUT2D eigenvalue weighted by atomic mass is 9.92. The average Bonchev–Trinajstić information content (AvgIpc) is 3.33. The Hall–Kier alpha value is -2.61. The smallest absolute Gasteiger partial charge is 0.246 e. The van der Waals surface area contributed by atoms with Gasteiger partial charge >= 0.3 is 0 Å². The molecule has 0 saturated carbocycles. The van der Waals surface area contributed by atoms with Gasteiger partial charge in [-0.2, -0.15) is 5.10 Å². The van der Waals surface area contributed by atoms with Gasteiger partial charge in [0.1, 0.15) is 6.54 Å². The van der Waals surface area contributed by atoms with Gasteiger partial charge in [-0.25, -0.2) is 0 Å². The molecule has 2 amide bonds. The van der Waals surface area contributed by atoms with Crippen LogP contribution in [0.1, 0.15) is 18.9 Å². The van der Waals surface area contributed by atoms with E-state index in [9.17, 15) is 9.59 Å². The van der Waals surface area contributed by atoms with E-state index < -0.39 is 0 Å². The van der Waals surface area contributed by atoms with Crippen molar-refractivity contribution in [2.75, 3.05) is 31.1 Å². The van der Waals surface area contributed by atoms with Gasteiger partial charge in [-0.15, -0.1) is 0 Å². The van der Waals surface area contributed by atoms with Crippen LogP contribution in [0, 0.1) is 0 Å². The Labute approximate surface area is 151 Å². The molecule has 1 atom stereocenters. The molecule has 8 nitrogen and oxygen atoms in total. The number of rotatable bonds is 3. The number of piperazine rings is 1. The first-order valence-electron chi connectivity index (χ1n) is 8.77. The zero-order chi connectivity index (χ0) is 18.3. The van der Waals surface area contributed by atoms with Gasteiger partial charge < -0.3 is 14.2 Å². The van der Waals surface area contributed by atoms with Crippen LogP contribution in [0.5, 0.6) is 0 Å². The van der Waals surface area contributed by atoms with Gasteiger partial charge in [0.05, 0.1) is 36.5 Å². The van der Waals surface area contributed by atoms with Crippen molar-refractivity contribution >= 4 is 17.5 Å². The summed E-state index contributed by atoms with van der Waals surface area (Å²) >= 11 is 0. The predicted octanol–water partition coefficient (Wildman–Crippen LogP) is 0.853. The van der Waals surface area contributed by atoms with Crippen molar-refractivity contribution in [1.29, 1.82) is 0 Å². The van der Waals surface area contributed by atoms with Gasteiger partial charge in [-0.05, 0) is 12.5 Å².